The summed E-state index contributed by atoms with van der Waals surface area (Å²) in [6.07, 6.45) is 2.52. The van der Waals surface area contributed by atoms with Crippen LogP contribution in [0, 0.1) is 6.92 Å². The first-order chi connectivity index (χ1) is 14.3. The van der Waals surface area contributed by atoms with E-state index in [-0.39, 0.29) is 30.5 Å². The van der Waals surface area contributed by atoms with Crippen molar-refractivity contribution in [2.75, 3.05) is 13.4 Å². The minimum atomic E-state index is -3.74. The van der Waals surface area contributed by atoms with Gasteiger partial charge in [0.25, 0.3) is 5.91 Å². The summed E-state index contributed by atoms with van der Waals surface area (Å²) in [4.78, 5) is 14.9. The van der Waals surface area contributed by atoms with Crippen molar-refractivity contribution >= 4 is 16.0 Å². The maximum atomic E-state index is 13.3. The number of carbonyl (C=O) groups is 1. The van der Waals surface area contributed by atoms with E-state index in [0.29, 0.717) is 16.9 Å². The number of benzene rings is 2. The van der Waals surface area contributed by atoms with Crippen molar-refractivity contribution < 1.29 is 26.5 Å². The number of nitrogens with zero attached hydrogens (tertiary/aromatic N) is 1. The second kappa shape index (κ2) is 9.04. The summed E-state index contributed by atoms with van der Waals surface area (Å²) >= 11 is 0. The monoisotopic (exact) mass is 429 g/mol. The number of furan rings is 1. The lowest BCUT2D eigenvalue weighted by Gasteiger charge is -2.23. The van der Waals surface area contributed by atoms with Gasteiger partial charge in [0, 0.05) is 12.1 Å². The van der Waals surface area contributed by atoms with Crippen LogP contribution in [0.5, 0.6) is 11.5 Å². The molecule has 0 spiro atoms. The van der Waals surface area contributed by atoms with E-state index in [4.69, 9.17) is 13.3 Å². The molecule has 0 radical (unpaired) electrons. The summed E-state index contributed by atoms with van der Waals surface area (Å²) in [5.74, 6) is 0.828. The second-order valence-corrected chi connectivity index (χ2v) is 8.40. The van der Waals surface area contributed by atoms with Gasteiger partial charge in [0.1, 0.15) is 5.76 Å². The van der Waals surface area contributed by atoms with E-state index in [1.54, 1.807) is 47.6 Å². The summed E-state index contributed by atoms with van der Waals surface area (Å²) in [6, 6.07) is 15.8. The smallest absolute Gasteiger partial charge is 0.306 e. The second-order valence-electron chi connectivity index (χ2n) is 6.83. The Bertz CT molecular complexity index is 1120. The molecule has 158 valence electrons. The van der Waals surface area contributed by atoms with Gasteiger partial charge in [-0.1, -0.05) is 24.3 Å². The highest BCUT2D eigenvalue weighted by Crippen LogP contribution is 2.30. The van der Waals surface area contributed by atoms with Gasteiger partial charge < -0.3 is 18.2 Å². The molecule has 0 fully saturated rings. The normalized spacial score (nSPS) is 11.2. The molecule has 1 amide bonds. The van der Waals surface area contributed by atoms with E-state index >= 15 is 0 Å². The molecular formula is C22H23NO6S. The molecule has 0 aliphatic rings. The van der Waals surface area contributed by atoms with Gasteiger partial charge >= 0.3 is 10.1 Å². The van der Waals surface area contributed by atoms with Crippen molar-refractivity contribution in [3.63, 3.8) is 0 Å². The molecule has 0 aliphatic carbocycles. The highest BCUT2D eigenvalue weighted by molar-refractivity contribution is 7.86. The summed E-state index contributed by atoms with van der Waals surface area (Å²) < 4.78 is 38.8. The molecule has 0 saturated carbocycles. The van der Waals surface area contributed by atoms with Crippen molar-refractivity contribution in [2.24, 2.45) is 0 Å². The van der Waals surface area contributed by atoms with E-state index in [1.807, 2.05) is 25.1 Å². The van der Waals surface area contributed by atoms with Crippen LogP contribution in [-0.4, -0.2) is 32.6 Å². The zero-order valence-corrected chi connectivity index (χ0v) is 17.8. The number of amides is 1. The topological polar surface area (TPSA) is 86.0 Å². The Morgan fingerprint density at radius 2 is 1.80 bits per heavy atom. The molecule has 3 rings (SSSR count). The Morgan fingerprint density at radius 3 is 2.43 bits per heavy atom. The van der Waals surface area contributed by atoms with Crippen LogP contribution >= 0.6 is 0 Å². The average Bonchev–Trinajstić information content (AvgIpc) is 3.19. The molecule has 0 bridgehead atoms. The van der Waals surface area contributed by atoms with Crippen molar-refractivity contribution in [1.82, 2.24) is 4.90 Å². The number of aryl methyl sites for hydroxylation is 1. The van der Waals surface area contributed by atoms with Crippen molar-refractivity contribution in [2.45, 2.75) is 20.0 Å². The van der Waals surface area contributed by atoms with Gasteiger partial charge in [0.05, 0.1) is 26.2 Å². The van der Waals surface area contributed by atoms with E-state index in [9.17, 15) is 13.2 Å². The van der Waals surface area contributed by atoms with E-state index in [2.05, 4.69) is 0 Å². The molecule has 30 heavy (non-hydrogen) atoms. The van der Waals surface area contributed by atoms with Crippen LogP contribution in [0.1, 0.15) is 27.2 Å². The van der Waals surface area contributed by atoms with Crippen molar-refractivity contribution in [1.29, 1.82) is 0 Å². The summed E-state index contributed by atoms with van der Waals surface area (Å²) in [5.41, 5.74) is 2.14. The van der Waals surface area contributed by atoms with Crippen LogP contribution in [0.2, 0.25) is 0 Å². The van der Waals surface area contributed by atoms with Gasteiger partial charge in [-0.05, 0) is 48.4 Å². The SMILES string of the molecule is COc1ccc(CN(Cc2ccco2)C(=O)c2ccccc2C)cc1OS(C)(=O)=O. The number of carbonyl (C=O) groups excluding carboxylic acids is 1. The van der Waals surface area contributed by atoms with Crippen LogP contribution in [0.25, 0.3) is 0 Å². The first-order valence-corrected chi connectivity index (χ1v) is 11.0. The van der Waals surface area contributed by atoms with E-state index < -0.39 is 10.1 Å². The number of methoxy groups -OCH3 is 1. The van der Waals surface area contributed by atoms with Gasteiger partial charge in [-0.2, -0.15) is 8.42 Å². The molecule has 0 unspecified atom stereocenters. The lowest BCUT2D eigenvalue weighted by molar-refractivity contribution is 0.0717. The number of hydrogen-bond acceptors (Lipinski definition) is 6. The molecular weight excluding hydrogens is 406 g/mol. The molecule has 7 nitrogen and oxygen atoms in total. The third kappa shape index (κ3) is 5.42. The van der Waals surface area contributed by atoms with Crippen molar-refractivity contribution in [3.8, 4) is 11.5 Å². The summed E-state index contributed by atoms with van der Waals surface area (Å²) in [5, 5.41) is 0. The Hall–Kier alpha value is -3.26. The van der Waals surface area contributed by atoms with Gasteiger partial charge in [-0.15, -0.1) is 0 Å². The van der Waals surface area contributed by atoms with Crippen LogP contribution in [-0.2, 0) is 23.2 Å². The Morgan fingerprint density at radius 1 is 1.03 bits per heavy atom. The summed E-state index contributed by atoms with van der Waals surface area (Å²) in [7, 11) is -2.31. The zero-order chi connectivity index (χ0) is 21.7. The molecule has 0 aliphatic heterocycles. The lowest BCUT2D eigenvalue weighted by atomic mass is 10.1. The molecule has 0 atom stereocenters. The Labute approximate surface area is 176 Å². The Balaban J connectivity index is 1.94. The fourth-order valence-corrected chi connectivity index (χ4v) is 3.50. The minimum absolute atomic E-state index is 0.0683. The number of hydrogen-bond donors (Lipinski definition) is 0. The minimum Gasteiger partial charge on any atom is -0.493 e. The fourth-order valence-electron chi connectivity index (χ4n) is 3.04. The predicted molar refractivity (Wildman–Crippen MR) is 112 cm³/mol. The quantitative estimate of drug-likeness (QED) is 0.507. The van der Waals surface area contributed by atoms with E-state index in [1.165, 1.54) is 7.11 Å². The molecule has 1 aromatic heterocycles. The molecule has 0 N–H and O–H groups in total. The van der Waals surface area contributed by atoms with Crippen molar-refractivity contribution in [3.05, 3.63) is 83.3 Å². The maximum Gasteiger partial charge on any atom is 0.306 e. The van der Waals surface area contributed by atoms with Crippen LogP contribution in [0.4, 0.5) is 0 Å². The third-order valence-corrected chi connectivity index (χ3v) is 4.91. The molecule has 8 heteroatoms. The molecule has 1 heterocycles. The predicted octanol–water partition coefficient (Wildman–Crippen LogP) is 3.78. The van der Waals surface area contributed by atoms with Gasteiger partial charge in [0.15, 0.2) is 11.5 Å². The molecule has 2 aromatic carbocycles. The van der Waals surface area contributed by atoms with Gasteiger partial charge in [-0.3, -0.25) is 4.79 Å². The number of rotatable bonds is 8. The highest BCUT2D eigenvalue weighted by atomic mass is 32.2. The van der Waals surface area contributed by atoms with Crippen LogP contribution in [0.15, 0.2) is 65.3 Å². The number of ether oxygens (including phenoxy) is 1. The summed E-state index contributed by atoms with van der Waals surface area (Å²) in [6.45, 7) is 2.36. The van der Waals surface area contributed by atoms with Gasteiger partial charge in [0.2, 0.25) is 0 Å². The zero-order valence-electron chi connectivity index (χ0n) is 17.0. The third-order valence-electron chi connectivity index (χ3n) is 4.43. The maximum absolute atomic E-state index is 13.3. The first-order valence-electron chi connectivity index (χ1n) is 9.20. The van der Waals surface area contributed by atoms with E-state index in [0.717, 1.165) is 11.8 Å². The first kappa shape index (κ1) is 21.4. The van der Waals surface area contributed by atoms with Crippen LogP contribution in [0.3, 0.4) is 0 Å². The molecule has 3 aromatic rings. The highest BCUT2D eigenvalue weighted by Gasteiger charge is 2.20. The standard InChI is InChI=1S/C22H23NO6S/c1-16-7-4-5-9-19(16)22(24)23(15-18-8-6-12-28-18)14-17-10-11-20(27-2)21(13-17)29-30(3,25)26/h4-13H,14-15H2,1-3H3. The largest absolute Gasteiger partial charge is 0.493 e. The lowest BCUT2D eigenvalue weighted by Crippen LogP contribution is -2.30. The average molecular weight is 429 g/mol. The fraction of sp³-hybridized carbons (Fsp3) is 0.227. The van der Waals surface area contributed by atoms with Crippen LogP contribution < -0.4 is 8.92 Å². The van der Waals surface area contributed by atoms with Gasteiger partial charge in [-0.25, -0.2) is 0 Å². The molecule has 0 saturated heterocycles. The Kier molecular flexibility index (Phi) is 6.47.